The summed E-state index contributed by atoms with van der Waals surface area (Å²) in [4.78, 5) is 1.22. The van der Waals surface area contributed by atoms with Crippen LogP contribution in [0.5, 0.6) is 0 Å². The third-order valence-corrected chi connectivity index (χ3v) is 5.37. The molecule has 0 saturated heterocycles. The first kappa shape index (κ1) is 16.0. The maximum absolute atomic E-state index is 12.9. The molecule has 0 heterocycles. The van der Waals surface area contributed by atoms with Crippen molar-refractivity contribution in [3.05, 3.63) is 59.9 Å². The average Bonchev–Trinajstić information content (AvgIpc) is 2.47. The van der Waals surface area contributed by atoms with E-state index >= 15 is 0 Å². The van der Waals surface area contributed by atoms with E-state index in [9.17, 15) is 12.8 Å². The van der Waals surface area contributed by atoms with E-state index in [0.717, 1.165) is 4.90 Å². The number of benzene rings is 2. The van der Waals surface area contributed by atoms with Gasteiger partial charge in [0.2, 0.25) is 10.0 Å². The lowest BCUT2D eigenvalue weighted by atomic mass is 10.1. The van der Waals surface area contributed by atoms with E-state index in [2.05, 4.69) is 4.72 Å². The zero-order valence-corrected chi connectivity index (χ0v) is 13.3. The number of hydrogen-bond acceptors (Lipinski definition) is 3. The van der Waals surface area contributed by atoms with Crippen LogP contribution in [0, 0.1) is 5.82 Å². The van der Waals surface area contributed by atoms with Gasteiger partial charge in [0.25, 0.3) is 0 Å². The Labute approximate surface area is 128 Å². The summed E-state index contributed by atoms with van der Waals surface area (Å²) in [6.45, 7) is 1.72. The van der Waals surface area contributed by atoms with Gasteiger partial charge in [-0.3, -0.25) is 0 Å². The molecular formula is C15H16FNO2S2. The van der Waals surface area contributed by atoms with Gasteiger partial charge in [0.1, 0.15) is 5.82 Å². The van der Waals surface area contributed by atoms with Crippen molar-refractivity contribution in [3.63, 3.8) is 0 Å². The third kappa shape index (κ3) is 4.06. The fourth-order valence-corrected chi connectivity index (χ4v) is 3.52. The summed E-state index contributed by atoms with van der Waals surface area (Å²) < 4.78 is 40.1. The standard InChI is InChI=1S/C15H16FNO2S2/c1-11(12-3-5-13(16)6-4-12)17-21(18,19)15-9-7-14(20-2)8-10-15/h3-11,17H,1-2H3/t11-/m0/s1. The molecule has 0 radical (unpaired) electrons. The van der Waals surface area contributed by atoms with Crippen molar-refractivity contribution in [2.24, 2.45) is 0 Å². The van der Waals surface area contributed by atoms with Gasteiger partial charge in [0.15, 0.2) is 0 Å². The van der Waals surface area contributed by atoms with Crippen molar-refractivity contribution in [2.75, 3.05) is 6.26 Å². The van der Waals surface area contributed by atoms with Gasteiger partial charge in [0.05, 0.1) is 4.90 Å². The Morgan fingerprint density at radius 3 is 2.14 bits per heavy atom. The Morgan fingerprint density at radius 1 is 1.05 bits per heavy atom. The van der Waals surface area contributed by atoms with Crippen LogP contribution in [0.1, 0.15) is 18.5 Å². The summed E-state index contributed by atoms with van der Waals surface area (Å²) in [7, 11) is -3.60. The molecule has 2 aromatic carbocycles. The summed E-state index contributed by atoms with van der Waals surface area (Å²) in [6.07, 6.45) is 1.93. The molecule has 0 spiro atoms. The molecule has 0 fully saturated rings. The lowest BCUT2D eigenvalue weighted by Gasteiger charge is -2.15. The Hall–Kier alpha value is -1.37. The molecular weight excluding hydrogens is 309 g/mol. The molecule has 1 atom stereocenters. The minimum atomic E-state index is -3.60. The first-order valence-corrected chi connectivity index (χ1v) is 9.05. The van der Waals surface area contributed by atoms with Crippen molar-refractivity contribution in [1.29, 1.82) is 0 Å². The van der Waals surface area contributed by atoms with Gasteiger partial charge < -0.3 is 0 Å². The maximum Gasteiger partial charge on any atom is 0.241 e. The van der Waals surface area contributed by atoms with Gasteiger partial charge >= 0.3 is 0 Å². The topological polar surface area (TPSA) is 46.2 Å². The highest BCUT2D eigenvalue weighted by Gasteiger charge is 2.18. The lowest BCUT2D eigenvalue weighted by molar-refractivity contribution is 0.566. The molecule has 0 aliphatic rings. The molecule has 2 rings (SSSR count). The number of sulfonamides is 1. The maximum atomic E-state index is 12.9. The molecule has 6 heteroatoms. The molecule has 0 aliphatic carbocycles. The van der Waals surface area contributed by atoms with Crippen LogP contribution in [-0.2, 0) is 10.0 Å². The zero-order valence-electron chi connectivity index (χ0n) is 11.7. The fraction of sp³-hybridized carbons (Fsp3) is 0.200. The van der Waals surface area contributed by atoms with Crippen LogP contribution in [0.3, 0.4) is 0 Å². The van der Waals surface area contributed by atoms with Gasteiger partial charge in [-0.2, -0.15) is 0 Å². The van der Waals surface area contributed by atoms with E-state index in [-0.39, 0.29) is 10.7 Å². The van der Waals surface area contributed by atoms with Gasteiger partial charge in [-0.05, 0) is 55.1 Å². The van der Waals surface area contributed by atoms with Crippen molar-refractivity contribution in [2.45, 2.75) is 22.8 Å². The van der Waals surface area contributed by atoms with Crippen LogP contribution in [-0.4, -0.2) is 14.7 Å². The summed E-state index contributed by atoms with van der Waals surface area (Å²) in [5.41, 5.74) is 0.709. The van der Waals surface area contributed by atoms with Crippen molar-refractivity contribution in [1.82, 2.24) is 4.72 Å². The first-order valence-electron chi connectivity index (χ1n) is 6.34. The molecule has 0 aromatic heterocycles. The van der Waals surface area contributed by atoms with Crippen molar-refractivity contribution < 1.29 is 12.8 Å². The molecule has 0 saturated carbocycles. The first-order chi connectivity index (χ1) is 9.92. The molecule has 0 bridgehead atoms. The quantitative estimate of drug-likeness (QED) is 0.855. The lowest BCUT2D eigenvalue weighted by Crippen LogP contribution is -2.26. The highest BCUT2D eigenvalue weighted by Crippen LogP contribution is 2.20. The normalized spacial score (nSPS) is 13.1. The second-order valence-electron chi connectivity index (χ2n) is 4.57. The highest BCUT2D eigenvalue weighted by molar-refractivity contribution is 7.98. The Morgan fingerprint density at radius 2 is 1.62 bits per heavy atom. The van der Waals surface area contributed by atoms with Crippen molar-refractivity contribution in [3.8, 4) is 0 Å². The molecule has 0 amide bonds. The van der Waals surface area contributed by atoms with Gasteiger partial charge in [-0.15, -0.1) is 11.8 Å². The monoisotopic (exact) mass is 325 g/mol. The van der Waals surface area contributed by atoms with Gasteiger partial charge in [0, 0.05) is 10.9 Å². The van der Waals surface area contributed by atoms with Gasteiger partial charge in [-0.1, -0.05) is 12.1 Å². The smallest absolute Gasteiger partial charge is 0.207 e. The molecule has 0 aliphatic heterocycles. The van der Waals surface area contributed by atoms with Crippen LogP contribution >= 0.6 is 11.8 Å². The SMILES string of the molecule is CSc1ccc(S(=O)(=O)N[C@@H](C)c2ccc(F)cc2)cc1. The largest absolute Gasteiger partial charge is 0.241 e. The summed E-state index contributed by atoms with van der Waals surface area (Å²) >= 11 is 1.55. The Bertz CT molecular complexity index is 697. The third-order valence-electron chi connectivity index (χ3n) is 3.07. The minimum absolute atomic E-state index is 0.217. The summed E-state index contributed by atoms with van der Waals surface area (Å²) in [5.74, 6) is -0.346. The van der Waals surface area contributed by atoms with Crippen LogP contribution in [0.15, 0.2) is 58.3 Å². The number of thioether (sulfide) groups is 1. The Kier molecular flexibility index (Phi) is 5.03. The van der Waals surface area contributed by atoms with E-state index in [1.165, 1.54) is 12.1 Å². The number of hydrogen-bond donors (Lipinski definition) is 1. The second-order valence-corrected chi connectivity index (χ2v) is 7.16. The Balaban J connectivity index is 2.17. The predicted molar refractivity (Wildman–Crippen MR) is 83.4 cm³/mol. The minimum Gasteiger partial charge on any atom is -0.207 e. The van der Waals surface area contributed by atoms with Crippen LogP contribution < -0.4 is 4.72 Å². The molecule has 3 nitrogen and oxygen atoms in total. The van der Waals surface area contributed by atoms with E-state index in [0.29, 0.717) is 5.56 Å². The molecule has 1 N–H and O–H groups in total. The van der Waals surface area contributed by atoms with E-state index < -0.39 is 16.1 Å². The van der Waals surface area contributed by atoms with Crippen LogP contribution in [0.25, 0.3) is 0 Å². The predicted octanol–water partition coefficient (Wildman–Crippen LogP) is 3.59. The molecule has 0 unspecified atom stereocenters. The highest BCUT2D eigenvalue weighted by atomic mass is 32.2. The summed E-state index contributed by atoms with van der Waals surface area (Å²) in [6, 6.07) is 12.0. The van der Waals surface area contributed by atoms with Crippen LogP contribution in [0.4, 0.5) is 4.39 Å². The van der Waals surface area contributed by atoms with E-state index in [1.54, 1.807) is 55.1 Å². The van der Waals surface area contributed by atoms with E-state index in [4.69, 9.17) is 0 Å². The molecule has 112 valence electrons. The van der Waals surface area contributed by atoms with Gasteiger partial charge in [-0.25, -0.2) is 17.5 Å². The van der Waals surface area contributed by atoms with Crippen molar-refractivity contribution >= 4 is 21.8 Å². The number of rotatable bonds is 5. The second kappa shape index (κ2) is 6.60. The van der Waals surface area contributed by atoms with E-state index in [1.807, 2.05) is 6.26 Å². The molecule has 2 aromatic rings. The molecule has 21 heavy (non-hydrogen) atoms. The summed E-state index contributed by atoms with van der Waals surface area (Å²) in [5, 5.41) is 0. The zero-order chi connectivity index (χ0) is 15.5. The average molecular weight is 325 g/mol. The fourth-order valence-electron chi connectivity index (χ4n) is 1.88. The van der Waals surface area contributed by atoms with Crippen LogP contribution in [0.2, 0.25) is 0 Å². The number of nitrogens with one attached hydrogen (secondary N) is 1. The number of halogens is 1.